The number of likely N-dealkylation sites (tertiary alicyclic amines) is 1. The topological polar surface area (TPSA) is 110 Å². The highest BCUT2D eigenvalue weighted by molar-refractivity contribution is 8.15. The monoisotopic (exact) mass is 381 g/mol. The summed E-state index contributed by atoms with van der Waals surface area (Å²) in [6.45, 7) is 1.58. The van der Waals surface area contributed by atoms with Crippen LogP contribution in [0.1, 0.15) is 16.8 Å². The molecule has 1 fully saturated rings. The maximum Gasteiger partial charge on any atom is 0.222 e. The number of aliphatic imine (C=N–C) groups is 1. The van der Waals surface area contributed by atoms with Gasteiger partial charge in [0.05, 0.1) is 22.6 Å². The van der Waals surface area contributed by atoms with Crippen molar-refractivity contribution in [2.75, 3.05) is 25.9 Å². The number of primary amides is 1. The fraction of sp³-hybridized carbons (Fsp3) is 0.438. The van der Waals surface area contributed by atoms with Crippen LogP contribution < -0.4 is 5.73 Å². The maximum absolute atomic E-state index is 12.7. The summed E-state index contributed by atoms with van der Waals surface area (Å²) in [5, 5.41) is 0.374. The molecule has 2 heterocycles. The van der Waals surface area contributed by atoms with Gasteiger partial charge in [0.25, 0.3) is 0 Å². The van der Waals surface area contributed by atoms with Crippen LogP contribution in [-0.4, -0.2) is 61.3 Å². The number of rotatable bonds is 4. The van der Waals surface area contributed by atoms with E-state index in [1.807, 2.05) is 4.90 Å². The number of hydrogen-bond acceptors (Lipinski definition) is 7. The van der Waals surface area contributed by atoms with E-state index in [-0.39, 0.29) is 27.8 Å². The van der Waals surface area contributed by atoms with Gasteiger partial charge in [0.2, 0.25) is 5.91 Å². The van der Waals surface area contributed by atoms with Crippen molar-refractivity contribution < 1.29 is 18.0 Å². The molecule has 0 aliphatic carbocycles. The molecule has 2 aliphatic rings. The molecule has 0 bridgehead atoms. The standard InChI is InChI=1S/C16H19N3O4S2/c1-25(22,23)12-4-2-3-10(7-12)14(20)13-8-18-16(24-13)19-6-5-11(9-19)15(17)21/h2-4,7,11,13H,5-6,8-9H2,1H3,(H2,17,21). The first-order valence-corrected chi connectivity index (χ1v) is 10.6. The van der Waals surface area contributed by atoms with Crippen molar-refractivity contribution in [2.24, 2.45) is 16.6 Å². The van der Waals surface area contributed by atoms with E-state index in [2.05, 4.69) is 4.99 Å². The predicted octanol–water partition coefficient (Wildman–Crippen LogP) is 0.551. The summed E-state index contributed by atoms with van der Waals surface area (Å²) in [4.78, 5) is 30.5. The summed E-state index contributed by atoms with van der Waals surface area (Å²) in [6, 6.07) is 6.08. The van der Waals surface area contributed by atoms with Crippen LogP contribution >= 0.6 is 11.8 Å². The molecule has 134 valence electrons. The second-order valence-corrected chi connectivity index (χ2v) is 9.41. The minimum atomic E-state index is -3.36. The van der Waals surface area contributed by atoms with E-state index < -0.39 is 9.84 Å². The van der Waals surface area contributed by atoms with Crippen molar-refractivity contribution in [3.05, 3.63) is 29.8 Å². The third-order valence-electron chi connectivity index (χ3n) is 4.34. The van der Waals surface area contributed by atoms with Gasteiger partial charge in [-0.05, 0) is 18.6 Å². The molecular formula is C16H19N3O4S2. The first kappa shape index (κ1) is 17.9. The van der Waals surface area contributed by atoms with E-state index in [1.54, 1.807) is 12.1 Å². The van der Waals surface area contributed by atoms with Crippen molar-refractivity contribution in [1.82, 2.24) is 4.90 Å². The Morgan fingerprint density at radius 3 is 2.76 bits per heavy atom. The van der Waals surface area contributed by atoms with E-state index in [0.29, 0.717) is 31.6 Å². The maximum atomic E-state index is 12.7. The van der Waals surface area contributed by atoms with E-state index in [0.717, 1.165) is 11.4 Å². The van der Waals surface area contributed by atoms with Crippen LogP contribution in [-0.2, 0) is 14.6 Å². The van der Waals surface area contributed by atoms with Crippen molar-refractivity contribution in [2.45, 2.75) is 16.6 Å². The molecule has 25 heavy (non-hydrogen) atoms. The first-order chi connectivity index (χ1) is 11.8. The number of carbonyl (C=O) groups excluding carboxylic acids is 2. The normalized spacial score (nSPS) is 23.6. The van der Waals surface area contributed by atoms with Gasteiger partial charge in [-0.25, -0.2) is 8.42 Å². The Balaban J connectivity index is 1.67. The number of sulfone groups is 1. The molecule has 2 aliphatic heterocycles. The van der Waals surface area contributed by atoms with Crippen LogP contribution in [0, 0.1) is 5.92 Å². The third kappa shape index (κ3) is 3.87. The zero-order chi connectivity index (χ0) is 18.2. The Labute approximate surface area is 150 Å². The van der Waals surface area contributed by atoms with E-state index in [1.165, 1.54) is 23.9 Å². The van der Waals surface area contributed by atoms with Crippen molar-refractivity contribution >= 4 is 38.5 Å². The van der Waals surface area contributed by atoms with Gasteiger partial charge < -0.3 is 10.6 Å². The van der Waals surface area contributed by atoms with Crippen LogP contribution in [0.3, 0.4) is 0 Å². The third-order valence-corrected chi connectivity index (χ3v) is 6.70. The van der Waals surface area contributed by atoms with Gasteiger partial charge in [0, 0.05) is 24.9 Å². The molecule has 0 spiro atoms. The van der Waals surface area contributed by atoms with Crippen LogP contribution in [0.25, 0.3) is 0 Å². The number of thioether (sulfide) groups is 1. The average molecular weight is 381 g/mol. The molecule has 0 radical (unpaired) electrons. The number of nitrogens with two attached hydrogens (primary N) is 1. The largest absolute Gasteiger partial charge is 0.369 e. The summed E-state index contributed by atoms with van der Waals surface area (Å²) in [5.74, 6) is -0.624. The predicted molar refractivity (Wildman–Crippen MR) is 96.4 cm³/mol. The van der Waals surface area contributed by atoms with Crippen LogP contribution in [0.15, 0.2) is 34.2 Å². The number of nitrogens with zero attached hydrogens (tertiary/aromatic N) is 2. The Kier molecular flexibility index (Phi) is 4.88. The zero-order valence-corrected chi connectivity index (χ0v) is 15.3. The summed E-state index contributed by atoms with van der Waals surface area (Å²) < 4.78 is 23.3. The number of benzene rings is 1. The van der Waals surface area contributed by atoms with Gasteiger partial charge in [0.1, 0.15) is 0 Å². The van der Waals surface area contributed by atoms with Crippen LogP contribution in [0.5, 0.6) is 0 Å². The number of carbonyl (C=O) groups is 2. The number of Topliss-reactive ketones (excluding diaryl/α,β-unsaturated/α-hetero) is 1. The second kappa shape index (κ2) is 6.80. The Morgan fingerprint density at radius 2 is 2.12 bits per heavy atom. The Hall–Kier alpha value is -1.87. The molecule has 1 aromatic rings. The fourth-order valence-corrected chi connectivity index (χ4v) is 4.68. The SMILES string of the molecule is CS(=O)(=O)c1cccc(C(=O)C2CN=C(N3CCC(C(N)=O)C3)S2)c1. The minimum Gasteiger partial charge on any atom is -0.369 e. The Bertz CT molecular complexity index is 851. The lowest BCUT2D eigenvalue weighted by molar-refractivity contribution is -0.121. The van der Waals surface area contributed by atoms with Gasteiger partial charge >= 0.3 is 0 Å². The fourth-order valence-electron chi connectivity index (χ4n) is 2.91. The second-order valence-electron chi connectivity index (χ2n) is 6.23. The summed E-state index contributed by atoms with van der Waals surface area (Å²) in [5.41, 5.74) is 5.71. The van der Waals surface area contributed by atoms with Gasteiger partial charge in [-0.2, -0.15) is 0 Å². The molecule has 9 heteroatoms. The minimum absolute atomic E-state index is 0.131. The summed E-state index contributed by atoms with van der Waals surface area (Å²) in [7, 11) is -3.36. The van der Waals surface area contributed by atoms with Crippen molar-refractivity contribution in [3.8, 4) is 0 Å². The molecule has 7 nitrogen and oxygen atoms in total. The number of amides is 1. The Morgan fingerprint density at radius 1 is 1.36 bits per heavy atom. The average Bonchev–Trinajstić information content (AvgIpc) is 3.22. The van der Waals surface area contributed by atoms with E-state index in [9.17, 15) is 18.0 Å². The highest BCUT2D eigenvalue weighted by atomic mass is 32.2. The molecule has 2 unspecified atom stereocenters. The zero-order valence-electron chi connectivity index (χ0n) is 13.7. The van der Waals surface area contributed by atoms with E-state index >= 15 is 0 Å². The van der Waals surface area contributed by atoms with Gasteiger partial charge in [-0.1, -0.05) is 23.9 Å². The molecule has 2 atom stereocenters. The summed E-state index contributed by atoms with van der Waals surface area (Å²) in [6.07, 6.45) is 1.81. The number of amidine groups is 1. The van der Waals surface area contributed by atoms with Gasteiger partial charge in [-0.3, -0.25) is 14.6 Å². The molecule has 2 N–H and O–H groups in total. The number of hydrogen-bond donors (Lipinski definition) is 1. The smallest absolute Gasteiger partial charge is 0.222 e. The quantitative estimate of drug-likeness (QED) is 0.763. The van der Waals surface area contributed by atoms with Crippen molar-refractivity contribution in [3.63, 3.8) is 0 Å². The van der Waals surface area contributed by atoms with Gasteiger partial charge in [-0.15, -0.1) is 0 Å². The van der Waals surface area contributed by atoms with Crippen LogP contribution in [0.4, 0.5) is 0 Å². The first-order valence-electron chi connectivity index (χ1n) is 7.85. The highest BCUT2D eigenvalue weighted by Gasteiger charge is 2.34. The number of ketones is 1. The van der Waals surface area contributed by atoms with Crippen molar-refractivity contribution in [1.29, 1.82) is 0 Å². The molecule has 0 saturated carbocycles. The lowest BCUT2D eigenvalue weighted by atomic mass is 10.1. The molecule has 1 amide bonds. The molecular weight excluding hydrogens is 362 g/mol. The lowest BCUT2D eigenvalue weighted by Gasteiger charge is -2.17. The molecule has 1 aromatic carbocycles. The highest BCUT2D eigenvalue weighted by Crippen LogP contribution is 2.30. The molecule has 1 saturated heterocycles. The lowest BCUT2D eigenvalue weighted by Crippen LogP contribution is -2.30. The van der Waals surface area contributed by atoms with Crippen LogP contribution in [0.2, 0.25) is 0 Å². The molecule has 3 rings (SSSR count). The summed E-state index contributed by atoms with van der Waals surface area (Å²) >= 11 is 1.36. The molecule has 0 aromatic heterocycles. The van der Waals surface area contributed by atoms with Gasteiger partial charge in [0.15, 0.2) is 20.8 Å². The van der Waals surface area contributed by atoms with E-state index in [4.69, 9.17) is 5.73 Å².